The highest BCUT2D eigenvalue weighted by Crippen LogP contribution is 2.33. The van der Waals surface area contributed by atoms with Crippen molar-refractivity contribution in [3.8, 4) is 11.5 Å². The van der Waals surface area contributed by atoms with Gasteiger partial charge in [0, 0.05) is 18.3 Å². The van der Waals surface area contributed by atoms with E-state index in [1.807, 2.05) is 0 Å². The Morgan fingerprint density at radius 2 is 2.00 bits per heavy atom. The van der Waals surface area contributed by atoms with Gasteiger partial charge in [0.1, 0.15) is 5.02 Å². The van der Waals surface area contributed by atoms with Crippen LogP contribution >= 0.6 is 23.2 Å². The molecule has 0 aliphatic heterocycles. The summed E-state index contributed by atoms with van der Waals surface area (Å²) in [5.74, 6) is 0.346. The zero-order valence-corrected chi connectivity index (χ0v) is 10.2. The van der Waals surface area contributed by atoms with Crippen molar-refractivity contribution in [1.29, 1.82) is 0 Å². The van der Waals surface area contributed by atoms with Crippen LogP contribution in [0, 0.1) is 10.1 Å². The molecule has 0 aliphatic carbocycles. The summed E-state index contributed by atoms with van der Waals surface area (Å²) in [4.78, 5) is 17.2. The summed E-state index contributed by atoms with van der Waals surface area (Å²) in [6, 6.07) is 4.16. The molecule has 0 unspecified atom stereocenters. The first-order valence-corrected chi connectivity index (χ1v) is 5.42. The van der Waals surface area contributed by atoms with Crippen LogP contribution in [0.1, 0.15) is 0 Å². The Morgan fingerprint density at radius 1 is 1.22 bits per heavy atom. The van der Waals surface area contributed by atoms with Crippen molar-refractivity contribution in [3.63, 3.8) is 0 Å². The van der Waals surface area contributed by atoms with Crippen molar-refractivity contribution in [2.75, 3.05) is 0 Å². The topological polar surface area (TPSA) is 78.2 Å². The quantitative estimate of drug-likeness (QED) is 0.490. The van der Waals surface area contributed by atoms with Crippen LogP contribution in [0.3, 0.4) is 0 Å². The van der Waals surface area contributed by atoms with Gasteiger partial charge in [-0.2, -0.15) is 0 Å². The average molecular weight is 286 g/mol. The fraction of sp³-hybridized carbons (Fsp3) is 0. The average Bonchev–Trinajstić information content (AvgIpc) is 2.36. The van der Waals surface area contributed by atoms with Crippen molar-refractivity contribution in [3.05, 3.63) is 50.9 Å². The van der Waals surface area contributed by atoms with Crippen LogP contribution in [0.4, 0.5) is 5.82 Å². The molecule has 0 bridgehead atoms. The third kappa shape index (κ3) is 2.66. The third-order valence-electron chi connectivity index (χ3n) is 1.95. The number of ether oxygens (including phenoxy) is 1. The second-order valence-electron chi connectivity index (χ2n) is 3.13. The van der Waals surface area contributed by atoms with Gasteiger partial charge in [-0.3, -0.25) is 0 Å². The first kappa shape index (κ1) is 12.5. The molecule has 2 aromatic heterocycles. The highest BCUT2D eigenvalue weighted by Gasteiger charge is 2.11. The number of rotatable bonds is 3. The summed E-state index contributed by atoms with van der Waals surface area (Å²) in [6.45, 7) is 0. The van der Waals surface area contributed by atoms with E-state index >= 15 is 0 Å². The highest BCUT2D eigenvalue weighted by molar-refractivity contribution is 6.42. The van der Waals surface area contributed by atoms with Gasteiger partial charge in [0.05, 0.1) is 0 Å². The molecule has 18 heavy (non-hydrogen) atoms. The molecule has 0 saturated heterocycles. The van der Waals surface area contributed by atoms with E-state index < -0.39 is 4.92 Å². The molecule has 92 valence electrons. The zero-order valence-electron chi connectivity index (χ0n) is 8.71. The van der Waals surface area contributed by atoms with Crippen LogP contribution in [0.2, 0.25) is 10.2 Å². The molecule has 6 nitrogen and oxygen atoms in total. The molecule has 0 spiro atoms. The standard InChI is InChI=1S/C10H5Cl2N3O3/c11-9-7(3-4-13-10(9)12)18-6-1-2-8(14-5-6)15(16)17/h1-5H. The molecule has 0 amide bonds. The molecule has 0 N–H and O–H groups in total. The van der Waals surface area contributed by atoms with Crippen LogP contribution in [0.5, 0.6) is 11.5 Å². The third-order valence-corrected chi connectivity index (χ3v) is 2.70. The minimum absolute atomic E-state index is 0.115. The van der Waals surface area contributed by atoms with Gasteiger partial charge in [0.2, 0.25) is 0 Å². The SMILES string of the molecule is O=[N+]([O-])c1ccc(Oc2ccnc(Cl)c2Cl)cn1. The molecule has 0 fully saturated rings. The van der Waals surface area contributed by atoms with E-state index in [0.717, 1.165) is 0 Å². The maximum atomic E-state index is 10.4. The van der Waals surface area contributed by atoms with Gasteiger partial charge in [0.25, 0.3) is 0 Å². The fourth-order valence-electron chi connectivity index (χ4n) is 1.15. The van der Waals surface area contributed by atoms with Gasteiger partial charge in [-0.05, 0) is 16.0 Å². The maximum Gasteiger partial charge on any atom is 0.363 e. The Kier molecular flexibility index (Phi) is 3.59. The van der Waals surface area contributed by atoms with Gasteiger partial charge in [-0.25, -0.2) is 4.98 Å². The lowest BCUT2D eigenvalue weighted by atomic mass is 10.4. The van der Waals surface area contributed by atoms with E-state index in [0.29, 0.717) is 11.5 Å². The molecule has 0 atom stereocenters. The molecule has 2 rings (SSSR count). The van der Waals surface area contributed by atoms with Crippen molar-refractivity contribution >= 4 is 29.0 Å². The Morgan fingerprint density at radius 3 is 2.61 bits per heavy atom. The number of hydrogen-bond acceptors (Lipinski definition) is 5. The normalized spacial score (nSPS) is 10.1. The largest absolute Gasteiger partial charge is 0.452 e. The molecule has 2 aromatic rings. The summed E-state index contributed by atoms with van der Waals surface area (Å²) in [7, 11) is 0. The molecular formula is C10H5Cl2N3O3. The van der Waals surface area contributed by atoms with E-state index in [2.05, 4.69) is 9.97 Å². The highest BCUT2D eigenvalue weighted by atomic mass is 35.5. The molecule has 8 heteroatoms. The predicted molar refractivity (Wildman–Crippen MR) is 65.2 cm³/mol. The molecule has 0 aromatic carbocycles. The molecule has 0 saturated carbocycles. The van der Waals surface area contributed by atoms with Crippen LogP contribution in [0.15, 0.2) is 30.6 Å². The van der Waals surface area contributed by atoms with Gasteiger partial charge < -0.3 is 14.9 Å². The number of nitro groups is 1. The van der Waals surface area contributed by atoms with Crippen molar-refractivity contribution in [2.24, 2.45) is 0 Å². The lowest BCUT2D eigenvalue weighted by Crippen LogP contribution is -1.92. The minimum atomic E-state index is -0.597. The summed E-state index contributed by atoms with van der Waals surface area (Å²) >= 11 is 11.6. The van der Waals surface area contributed by atoms with Crippen LogP contribution in [0.25, 0.3) is 0 Å². The monoisotopic (exact) mass is 285 g/mol. The van der Waals surface area contributed by atoms with Crippen molar-refractivity contribution in [2.45, 2.75) is 0 Å². The Balaban J connectivity index is 2.24. The fourth-order valence-corrected chi connectivity index (χ4v) is 1.45. The second kappa shape index (κ2) is 5.16. The molecular weight excluding hydrogens is 281 g/mol. The van der Waals surface area contributed by atoms with Gasteiger partial charge in [-0.1, -0.05) is 23.2 Å². The molecule has 0 radical (unpaired) electrons. The number of hydrogen-bond donors (Lipinski definition) is 0. The molecule has 2 heterocycles. The van der Waals surface area contributed by atoms with E-state index in [1.54, 1.807) is 0 Å². The Labute approximate surface area is 111 Å². The number of halogens is 2. The number of nitrogens with zero attached hydrogens (tertiary/aromatic N) is 3. The van der Waals surface area contributed by atoms with Gasteiger partial charge >= 0.3 is 5.82 Å². The lowest BCUT2D eigenvalue weighted by Gasteiger charge is -2.06. The summed E-state index contributed by atoms with van der Waals surface area (Å²) in [5, 5.41) is 10.7. The Hall–Kier alpha value is -1.92. The zero-order chi connectivity index (χ0) is 13.1. The van der Waals surface area contributed by atoms with Crippen LogP contribution in [-0.2, 0) is 0 Å². The molecule has 0 aliphatic rings. The lowest BCUT2D eigenvalue weighted by molar-refractivity contribution is -0.389. The number of pyridine rings is 2. The van der Waals surface area contributed by atoms with E-state index in [4.69, 9.17) is 27.9 Å². The first-order chi connectivity index (χ1) is 8.58. The van der Waals surface area contributed by atoms with E-state index in [9.17, 15) is 10.1 Å². The van der Waals surface area contributed by atoms with Crippen LogP contribution < -0.4 is 4.74 Å². The van der Waals surface area contributed by atoms with Crippen LogP contribution in [-0.4, -0.2) is 14.9 Å². The van der Waals surface area contributed by atoms with Crippen molar-refractivity contribution < 1.29 is 9.66 Å². The van der Waals surface area contributed by atoms with Gasteiger partial charge in [-0.15, -0.1) is 0 Å². The van der Waals surface area contributed by atoms with Gasteiger partial charge in [0.15, 0.2) is 22.8 Å². The predicted octanol–water partition coefficient (Wildman–Crippen LogP) is 3.48. The van der Waals surface area contributed by atoms with Crippen molar-refractivity contribution in [1.82, 2.24) is 9.97 Å². The smallest absolute Gasteiger partial charge is 0.363 e. The van der Waals surface area contributed by atoms with E-state index in [-0.39, 0.29) is 16.0 Å². The second-order valence-corrected chi connectivity index (χ2v) is 3.86. The summed E-state index contributed by atoms with van der Waals surface area (Å²) in [5.41, 5.74) is 0. The Bertz CT molecular complexity index is 589. The maximum absolute atomic E-state index is 10.4. The van der Waals surface area contributed by atoms with E-state index in [1.165, 1.54) is 30.6 Å². The summed E-state index contributed by atoms with van der Waals surface area (Å²) in [6.07, 6.45) is 2.66. The minimum Gasteiger partial charge on any atom is -0.452 e. The first-order valence-electron chi connectivity index (χ1n) is 4.66. The summed E-state index contributed by atoms with van der Waals surface area (Å²) < 4.78 is 5.38. The number of aromatic nitrogens is 2.